The van der Waals surface area contributed by atoms with Crippen LogP contribution in [0.5, 0.6) is 0 Å². The first-order valence-corrected chi connectivity index (χ1v) is 7.09. The zero-order chi connectivity index (χ0) is 8.93. The monoisotopic (exact) mass is 234 g/mol. The van der Waals surface area contributed by atoms with E-state index in [0.29, 0.717) is 0 Å². The minimum Gasteiger partial charge on any atom is -0.326 e. The van der Waals surface area contributed by atoms with Crippen molar-refractivity contribution in [1.29, 1.82) is 0 Å². The third-order valence-corrected chi connectivity index (χ3v) is 5.72. The molecule has 1 aliphatic heterocycles. The number of thioether (sulfide) groups is 3. The van der Waals surface area contributed by atoms with E-state index in [1.165, 1.54) is 26.7 Å². The van der Waals surface area contributed by atoms with Gasteiger partial charge in [-0.3, -0.25) is 11.8 Å². The van der Waals surface area contributed by atoms with Gasteiger partial charge in [0.05, 0.1) is 0 Å². The third kappa shape index (κ3) is 4.16. The quantitative estimate of drug-likeness (QED) is 0.555. The SMILES string of the molecule is [Li+].c1ccc(S[C-]2SCCCS2)cc1. The Balaban J connectivity index is 0.000000980. The van der Waals surface area contributed by atoms with E-state index in [9.17, 15) is 0 Å². The summed E-state index contributed by atoms with van der Waals surface area (Å²) < 4.78 is 1.51. The second kappa shape index (κ2) is 7.19. The minimum atomic E-state index is 0. The van der Waals surface area contributed by atoms with E-state index in [1.54, 1.807) is 0 Å². The fourth-order valence-corrected chi connectivity index (χ4v) is 5.02. The Labute approximate surface area is 111 Å². The van der Waals surface area contributed by atoms with E-state index in [2.05, 4.69) is 30.3 Å². The van der Waals surface area contributed by atoms with Gasteiger partial charge in [-0.15, -0.1) is 3.91 Å². The van der Waals surface area contributed by atoms with E-state index in [0.717, 1.165) is 0 Å². The first kappa shape index (κ1) is 12.9. The molecule has 1 heterocycles. The molecule has 0 N–H and O–H groups in total. The van der Waals surface area contributed by atoms with E-state index in [-0.39, 0.29) is 18.9 Å². The average molecular weight is 234 g/mol. The number of hydrogen-bond acceptors (Lipinski definition) is 3. The topological polar surface area (TPSA) is 0 Å². The summed E-state index contributed by atoms with van der Waals surface area (Å²) in [5.41, 5.74) is 0. The Kier molecular flexibility index (Phi) is 6.64. The van der Waals surface area contributed by atoms with Crippen LogP contribution >= 0.6 is 35.3 Å². The molecule has 0 radical (unpaired) electrons. The summed E-state index contributed by atoms with van der Waals surface area (Å²) in [5, 5.41) is 0. The average Bonchev–Trinajstić information content (AvgIpc) is 2.21. The minimum absolute atomic E-state index is 0. The Bertz CT molecular complexity index is 247. The summed E-state index contributed by atoms with van der Waals surface area (Å²) >= 11 is 5.91. The molecule has 0 spiro atoms. The second-order valence-electron chi connectivity index (χ2n) is 2.72. The summed E-state index contributed by atoms with van der Waals surface area (Å²) in [6.45, 7) is 0. The third-order valence-electron chi connectivity index (χ3n) is 1.67. The van der Waals surface area contributed by atoms with Crippen LogP contribution < -0.4 is 18.9 Å². The van der Waals surface area contributed by atoms with Crippen LogP contribution in [-0.2, 0) is 0 Å². The Morgan fingerprint density at radius 3 is 2.36 bits per heavy atom. The molecule has 2 rings (SSSR count). The van der Waals surface area contributed by atoms with Crippen molar-refractivity contribution in [1.82, 2.24) is 0 Å². The van der Waals surface area contributed by atoms with Gasteiger partial charge < -0.3 is 23.5 Å². The number of rotatable bonds is 2. The van der Waals surface area contributed by atoms with Crippen molar-refractivity contribution >= 4 is 35.3 Å². The summed E-state index contributed by atoms with van der Waals surface area (Å²) in [4.78, 5) is 1.36. The van der Waals surface area contributed by atoms with Crippen LogP contribution in [-0.4, -0.2) is 11.5 Å². The molecule has 0 saturated carbocycles. The van der Waals surface area contributed by atoms with Crippen LogP contribution in [0, 0.1) is 3.91 Å². The zero-order valence-corrected chi connectivity index (χ0v) is 10.7. The standard InChI is InChI=1S/C10H11S3.Li/c1-2-5-9(6-3-1)13-10-11-7-4-8-12-10;/h1-3,5-6H,4,7-8H2;/q-1;+1. The molecule has 1 aromatic carbocycles. The van der Waals surface area contributed by atoms with Crippen LogP contribution in [0.25, 0.3) is 0 Å². The molecule has 0 atom stereocenters. The molecule has 0 aliphatic carbocycles. The Hall–Kier alpha value is 0.867. The van der Waals surface area contributed by atoms with Gasteiger partial charge in [0, 0.05) is 0 Å². The molecule has 0 unspecified atom stereocenters. The molecule has 0 amide bonds. The van der Waals surface area contributed by atoms with Gasteiger partial charge in [0.2, 0.25) is 0 Å². The molecule has 4 heteroatoms. The van der Waals surface area contributed by atoms with Crippen molar-refractivity contribution in [3.05, 3.63) is 34.2 Å². The van der Waals surface area contributed by atoms with Gasteiger partial charge in [-0.2, -0.15) is 0 Å². The summed E-state index contributed by atoms with van der Waals surface area (Å²) in [6, 6.07) is 10.6. The summed E-state index contributed by atoms with van der Waals surface area (Å²) in [6.07, 6.45) is 1.36. The van der Waals surface area contributed by atoms with Crippen molar-refractivity contribution in [2.45, 2.75) is 11.3 Å². The van der Waals surface area contributed by atoms with Crippen LogP contribution in [0.1, 0.15) is 6.42 Å². The molecule has 1 aromatic rings. The van der Waals surface area contributed by atoms with Crippen molar-refractivity contribution < 1.29 is 18.9 Å². The maximum atomic E-state index is 2.17. The number of hydrogen-bond donors (Lipinski definition) is 0. The fourth-order valence-electron chi connectivity index (χ4n) is 1.06. The Morgan fingerprint density at radius 1 is 1.07 bits per heavy atom. The van der Waals surface area contributed by atoms with Crippen LogP contribution in [0.15, 0.2) is 35.2 Å². The predicted octanol–water partition coefficient (Wildman–Crippen LogP) is 1.10. The molecule has 1 aliphatic rings. The molecule has 14 heavy (non-hydrogen) atoms. The van der Waals surface area contributed by atoms with E-state index < -0.39 is 0 Å². The molecule has 0 aromatic heterocycles. The normalized spacial score (nSPS) is 17.4. The summed E-state index contributed by atoms with van der Waals surface area (Å²) in [7, 11) is 0. The van der Waals surface area contributed by atoms with Gasteiger partial charge in [0.1, 0.15) is 0 Å². The van der Waals surface area contributed by atoms with Crippen molar-refractivity contribution in [2.75, 3.05) is 11.5 Å². The molecule has 1 saturated heterocycles. The smallest absolute Gasteiger partial charge is 0.326 e. The fraction of sp³-hybridized carbons (Fsp3) is 0.300. The molecule has 70 valence electrons. The van der Waals surface area contributed by atoms with Gasteiger partial charge in [-0.05, 0) is 22.8 Å². The Morgan fingerprint density at radius 2 is 1.71 bits per heavy atom. The van der Waals surface area contributed by atoms with Crippen LogP contribution in [0.2, 0.25) is 0 Å². The maximum absolute atomic E-state index is 2.17. The largest absolute Gasteiger partial charge is 1.00 e. The van der Waals surface area contributed by atoms with Crippen LogP contribution in [0.4, 0.5) is 0 Å². The molecule has 0 nitrogen and oxygen atoms in total. The van der Waals surface area contributed by atoms with Gasteiger partial charge in [-0.25, -0.2) is 0 Å². The molecular weight excluding hydrogens is 223 g/mol. The first-order chi connectivity index (χ1) is 6.45. The summed E-state index contributed by atoms with van der Waals surface area (Å²) in [5.74, 6) is 2.59. The first-order valence-electron chi connectivity index (χ1n) is 4.30. The zero-order valence-electron chi connectivity index (χ0n) is 8.23. The molecule has 0 bridgehead atoms. The van der Waals surface area contributed by atoms with Gasteiger partial charge in [0.15, 0.2) is 0 Å². The van der Waals surface area contributed by atoms with Crippen molar-refractivity contribution in [2.24, 2.45) is 0 Å². The van der Waals surface area contributed by atoms with Gasteiger partial charge in [-0.1, -0.05) is 30.3 Å². The van der Waals surface area contributed by atoms with E-state index >= 15 is 0 Å². The maximum Gasteiger partial charge on any atom is 1.00 e. The van der Waals surface area contributed by atoms with Crippen LogP contribution in [0.3, 0.4) is 0 Å². The predicted molar refractivity (Wildman–Crippen MR) is 65.1 cm³/mol. The van der Waals surface area contributed by atoms with Gasteiger partial charge in [0.25, 0.3) is 0 Å². The van der Waals surface area contributed by atoms with Crippen molar-refractivity contribution in [3.8, 4) is 0 Å². The van der Waals surface area contributed by atoms with E-state index in [4.69, 9.17) is 0 Å². The second-order valence-corrected chi connectivity index (χ2v) is 6.78. The van der Waals surface area contributed by atoms with E-state index in [1.807, 2.05) is 35.3 Å². The molecular formula is C10H11LiS3. The van der Waals surface area contributed by atoms with Gasteiger partial charge >= 0.3 is 18.9 Å². The molecule has 1 fully saturated rings. The number of benzene rings is 1. The van der Waals surface area contributed by atoms with Crippen molar-refractivity contribution in [3.63, 3.8) is 0 Å².